The maximum atomic E-state index is 11.7. The summed E-state index contributed by atoms with van der Waals surface area (Å²) in [6, 6.07) is 0. The molecule has 0 aromatic heterocycles. The van der Waals surface area contributed by atoms with Crippen molar-refractivity contribution in [3.63, 3.8) is 0 Å². The van der Waals surface area contributed by atoms with Gasteiger partial charge in [-0.25, -0.2) is 0 Å². The Kier molecular flexibility index (Phi) is 3.37. The van der Waals surface area contributed by atoms with Crippen LogP contribution in [0, 0.1) is 17.3 Å². The lowest BCUT2D eigenvalue weighted by molar-refractivity contribution is -0.165. The summed E-state index contributed by atoms with van der Waals surface area (Å²) in [5.41, 5.74) is -1.04. The van der Waals surface area contributed by atoms with Gasteiger partial charge in [-0.3, -0.25) is 9.59 Å². The van der Waals surface area contributed by atoms with Crippen LogP contribution in [-0.2, 0) is 19.1 Å². The number of carbonyl (C=O) groups is 2. The van der Waals surface area contributed by atoms with Gasteiger partial charge in [-0.1, -0.05) is 13.8 Å². The molecule has 0 heterocycles. The van der Waals surface area contributed by atoms with Crippen molar-refractivity contribution in [3.8, 4) is 0 Å². The Morgan fingerprint density at radius 1 is 1.00 bits per heavy atom. The van der Waals surface area contributed by atoms with Crippen LogP contribution in [0.15, 0.2) is 0 Å². The van der Waals surface area contributed by atoms with Crippen molar-refractivity contribution in [2.75, 3.05) is 13.2 Å². The number of carbonyl (C=O) groups excluding carboxylic acids is 2. The van der Waals surface area contributed by atoms with E-state index in [1.54, 1.807) is 13.8 Å². The molecule has 1 rings (SSSR count). The molecule has 0 N–H and O–H groups in total. The molecular formula is C11H18O4. The van der Waals surface area contributed by atoms with Gasteiger partial charge >= 0.3 is 11.9 Å². The lowest BCUT2D eigenvalue weighted by Crippen LogP contribution is -2.32. The third-order valence-electron chi connectivity index (χ3n) is 3.30. The second-order valence-electron chi connectivity index (χ2n) is 3.89. The highest BCUT2D eigenvalue weighted by molar-refractivity contribution is 6.04. The molecule has 0 amide bonds. The number of ether oxygens (including phenoxy) is 2. The Balaban J connectivity index is 2.82. The summed E-state index contributed by atoms with van der Waals surface area (Å²) in [6.45, 7) is 7.79. The van der Waals surface area contributed by atoms with Crippen LogP contribution in [-0.4, -0.2) is 25.2 Å². The fourth-order valence-electron chi connectivity index (χ4n) is 2.10. The Labute approximate surface area is 89.9 Å². The summed E-state index contributed by atoms with van der Waals surface area (Å²) in [5.74, 6) is -0.863. The van der Waals surface area contributed by atoms with Crippen LogP contribution in [0.2, 0.25) is 0 Å². The van der Waals surface area contributed by atoms with E-state index in [2.05, 4.69) is 0 Å². The van der Waals surface area contributed by atoms with E-state index >= 15 is 0 Å². The molecule has 86 valence electrons. The summed E-state index contributed by atoms with van der Waals surface area (Å²) in [4.78, 5) is 23.5. The van der Waals surface area contributed by atoms with Gasteiger partial charge in [0.2, 0.25) is 0 Å². The fourth-order valence-corrected chi connectivity index (χ4v) is 2.10. The summed E-state index contributed by atoms with van der Waals surface area (Å²) in [5, 5.41) is 0. The first-order valence-corrected chi connectivity index (χ1v) is 5.37. The second kappa shape index (κ2) is 4.21. The molecule has 15 heavy (non-hydrogen) atoms. The van der Waals surface area contributed by atoms with Crippen LogP contribution in [0.3, 0.4) is 0 Å². The van der Waals surface area contributed by atoms with E-state index in [0.29, 0.717) is 13.2 Å². The van der Waals surface area contributed by atoms with Crippen molar-refractivity contribution in [2.45, 2.75) is 27.7 Å². The smallest absolute Gasteiger partial charge is 0.324 e. The first-order valence-electron chi connectivity index (χ1n) is 5.37. The Morgan fingerprint density at radius 2 is 1.33 bits per heavy atom. The third-order valence-corrected chi connectivity index (χ3v) is 3.30. The van der Waals surface area contributed by atoms with Gasteiger partial charge in [-0.05, 0) is 25.7 Å². The topological polar surface area (TPSA) is 52.6 Å². The van der Waals surface area contributed by atoms with E-state index in [-0.39, 0.29) is 11.8 Å². The van der Waals surface area contributed by atoms with Crippen molar-refractivity contribution >= 4 is 11.9 Å². The summed E-state index contributed by atoms with van der Waals surface area (Å²) < 4.78 is 9.88. The first kappa shape index (κ1) is 12.0. The van der Waals surface area contributed by atoms with Crippen LogP contribution in [0.1, 0.15) is 27.7 Å². The number of esters is 2. The van der Waals surface area contributed by atoms with Gasteiger partial charge in [0.25, 0.3) is 0 Å². The predicted molar refractivity (Wildman–Crippen MR) is 54.0 cm³/mol. The highest BCUT2D eigenvalue weighted by atomic mass is 16.6. The van der Waals surface area contributed by atoms with Gasteiger partial charge in [-0.2, -0.15) is 0 Å². The number of hydrogen-bond acceptors (Lipinski definition) is 4. The first-order chi connectivity index (χ1) is 7.03. The minimum absolute atomic E-state index is 0.00981. The average molecular weight is 214 g/mol. The van der Waals surface area contributed by atoms with Crippen molar-refractivity contribution in [1.82, 2.24) is 0 Å². The van der Waals surface area contributed by atoms with Gasteiger partial charge in [0.05, 0.1) is 13.2 Å². The van der Waals surface area contributed by atoms with Gasteiger partial charge in [0.1, 0.15) is 0 Å². The highest BCUT2D eigenvalue weighted by Crippen LogP contribution is 2.59. The van der Waals surface area contributed by atoms with Crippen molar-refractivity contribution in [2.24, 2.45) is 17.3 Å². The van der Waals surface area contributed by atoms with E-state index in [4.69, 9.17) is 9.47 Å². The zero-order valence-corrected chi connectivity index (χ0v) is 9.70. The average Bonchev–Trinajstić information content (AvgIpc) is 2.72. The minimum Gasteiger partial charge on any atom is -0.465 e. The van der Waals surface area contributed by atoms with E-state index in [0.717, 1.165) is 0 Å². The fraction of sp³-hybridized carbons (Fsp3) is 0.818. The molecule has 4 heteroatoms. The predicted octanol–water partition coefficient (Wildman–Crippen LogP) is 1.38. The monoisotopic (exact) mass is 214 g/mol. The molecule has 1 aliphatic rings. The molecule has 0 aliphatic heterocycles. The van der Waals surface area contributed by atoms with E-state index in [1.807, 2.05) is 13.8 Å². The zero-order valence-electron chi connectivity index (χ0n) is 9.70. The normalized spacial score (nSPS) is 26.9. The molecule has 1 aliphatic carbocycles. The lowest BCUT2D eigenvalue weighted by Gasteiger charge is -2.14. The maximum Gasteiger partial charge on any atom is 0.324 e. The Bertz CT molecular complexity index is 244. The van der Waals surface area contributed by atoms with Crippen LogP contribution in [0.5, 0.6) is 0 Å². The molecule has 0 aromatic carbocycles. The minimum atomic E-state index is -1.04. The lowest BCUT2D eigenvalue weighted by atomic mass is 10.0. The molecule has 4 nitrogen and oxygen atoms in total. The number of hydrogen-bond donors (Lipinski definition) is 0. The Morgan fingerprint density at radius 3 is 1.53 bits per heavy atom. The molecule has 0 unspecified atom stereocenters. The van der Waals surface area contributed by atoms with E-state index in [9.17, 15) is 9.59 Å². The highest BCUT2D eigenvalue weighted by Gasteiger charge is 2.72. The standard InChI is InChI=1S/C11H18O4/c1-5-14-9(12)11(7(3)8(11)4)10(13)15-6-2/h7-8H,5-6H2,1-4H3/t7-,8-/m1/s1. The van der Waals surface area contributed by atoms with Crippen LogP contribution in [0.4, 0.5) is 0 Å². The molecule has 0 spiro atoms. The summed E-state index contributed by atoms with van der Waals surface area (Å²) in [7, 11) is 0. The van der Waals surface area contributed by atoms with Gasteiger partial charge in [0, 0.05) is 0 Å². The summed E-state index contributed by atoms with van der Waals surface area (Å²) >= 11 is 0. The van der Waals surface area contributed by atoms with Crippen molar-refractivity contribution in [1.29, 1.82) is 0 Å². The van der Waals surface area contributed by atoms with Crippen molar-refractivity contribution in [3.05, 3.63) is 0 Å². The van der Waals surface area contributed by atoms with Gasteiger partial charge in [-0.15, -0.1) is 0 Å². The van der Waals surface area contributed by atoms with E-state index < -0.39 is 17.4 Å². The number of rotatable bonds is 4. The molecule has 1 fully saturated rings. The molecule has 0 saturated heterocycles. The molecule has 0 bridgehead atoms. The SMILES string of the molecule is CCOC(=O)C1(C(=O)OCC)[C@H](C)[C@H]1C. The molecular weight excluding hydrogens is 196 g/mol. The van der Waals surface area contributed by atoms with Crippen LogP contribution >= 0.6 is 0 Å². The van der Waals surface area contributed by atoms with Gasteiger partial charge in [0.15, 0.2) is 5.41 Å². The maximum absolute atomic E-state index is 11.7. The third kappa shape index (κ3) is 1.62. The molecule has 0 aromatic rings. The van der Waals surface area contributed by atoms with Gasteiger partial charge < -0.3 is 9.47 Å². The Hall–Kier alpha value is -1.06. The zero-order chi connectivity index (χ0) is 11.6. The summed E-state index contributed by atoms with van der Waals surface area (Å²) in [6.07, 6.45) is 0. The molecule has 1 saturated carbocycles. The van der Waals surface area contributed by atoms with Crippen LogP contribution < -0.4 is 0 Å². The quantitative estimate of drug-likeness (QED) is 0.524. The van der Waals surface area contributed by atoms with Crippen molar-refractivity contribution < 1.29 is 19.1 Å². The molecule has 2 atom stereocenters. The molecule has 0 radical (unpaired) electrons. The van der Waals surface area contributed by atoms with E-state index in [1.165, 1.54) is 0 Å². The van der Waals surface area contributed by atoms with Crippen LogP contribution in [0.25, 0.3) is 0 Å². The largest absolute Gasteiger partial charge is 0.465 e. The second-order valence-corrected chi connectivity index (χ2v) is 3.89.